The van der Waals surface area contributed by atoms with E-state index in [4.69, 9.17) is 40.2 Å². The molecule has 1 aromatic carbocycles. The van der Waals surface area contributed by atoms with Gasteiger partial charge in [-0.3, -0.25) is 15.2 Å². The van der Waals surface area contributed by atoms with Gasteiger partial charge in [0.25, 0.3) is 0 Å². The number of thiocarbonyl (C=S) groups is 1. The molecular weight excluding hydrogens is 345 g/mol. The van der Waals surface area contributed by atoms with Gasteiger partial charge in [0.1, 0.15) is 0 Å². The number of carbonyl (C=O) groups excluding carboxylic acids is 1. The highest BCUT2D eigenvalue weighted by Gasteiger charge is 2.11. The van der Waals surface area contributed by atoms with E-state index in [1.807, 2.05) is 0 Å². The molecule has 0 atom stereocenters. The Morgan fingerprint density at radius 3 is 2.77 bits per heavy atom. The average molecular weight is 364 g/mol. The van der Waals surface area contributed by atoms with Crippen molar-refractivity contribution in [1.29, 1.82) is 0 Å². The lowest BCUT2D eigenvalue weighted by atomic mass is 10.1. The summed E-state index contributed by atoms with van der Waals surface area (Å²) in [5, 5.41) is 5.93. The van der Waals surface area contributed by atoms with Crippen LogP contribution in [0.15, 0.2) is 18.2 Å². The van der Waals surface area contributed by atoms with E-state index in [9.17, 15) is 4.79 Å². The number of nitrogens with one attached hydrogen (secondary N) is 2. The van der Waals surface area contributed by atoms with E-state index in [1.54, 1.807) is 32.4 Å². The van der Waals surface area contributed by atoms with Crippen molar-refractivity contribution in [2.24, 2.45) is 0 Å². The summed E-state index contributed by atoms with van der Waals surface area (Å²) in [6, 6.07) is 5.03. The zero-order valence-corrected chi connectivity index (χ0v) is 14.8. The maximum atomic E-state index is 12.0. The predicted octanol–water partition coefficient (Wildman–Crippen LogP) is 2.41. The van der Waals surface area contributed by atoms with Gasteiger partial charge in [0.05, 0.1) is 6.42 Å². The van der Waals surface area contributed by atoms with Crippen molar-refractivity contribution >= 4 is 46.4 Å². The molecule has 0 aliphatic rings. The van der Waals surface area contributed by atoms with Gasteiger partial charge in [0.15, 0.2) is 5.11 Å². The molecule has 1 aromatic rings. The van der Waals surface area contributed by atoms with Crippen LogP contribution in [0.5, 0.6) is 0 Å². The van der Waals surface area contributed by atoms with Gasteiger partial charge in [-0.25, -0.2) is 0 Å². The van der Waals surface area contributed by atoms with Crippen LogP contribution in [0.4, 0.5) is 0 Å². The van der Waals surface area contributed by atoms with Crippen LogP contribution in [0.2, 0.25) is 10.0 Å². The molecule has 22 heavy (non-hydrogen) atoms. The zero-order chi connectivity index (χ0) is 16.5. The lowest BCUT2D eigenvalue weighted by molar-refractivity contribution is -0.123. The van der Waals surface area contributed by atoms with Gasteiger partial charge in [-0.15, -0.1) is 0 Å². The number of hydrogen-bond acceptors (Lipinski definition) is 3. The first-order valence-electron chi connectivity index (χ1n) is 6.68. The molecule has 122 valence electrons. The Labute approximate surface area is 145 Å². The number of carbonyl (C=O) groups is 1. The highest BCUT2D eigenvalue weighted by atomic mass is 35.5. The molecule has 0 heterocycles. The first kappa shape index (κ1) is 19.0. The first-order valence-corrected chi connectivity index (χ1v) is 7.84. The Balaban J connectivity index is 2.41. The number of methoxy groups -OCH3 is 1. The number of ether oxygens (including phenoxy) is 1. The summed E-state index contributed by atoms with van der Waals surface area (Å²) in [6.07, 6.45) is 0.978. The highest BCUT2D eigenvalue weighted by molar-refractivity contribution is 7.80. The summed E-state index contributed by atoms with van der Waals surface area (Å²) >= 11 is 17.0. The Hall–Kier alpha value is -1.08. The van der Waals surface area contributed by atoms with Gasteiger partial charge in [-0.05, 0) is 36.3 Å². The third-order valence-electron chi connectivity index (χ3n) is 2.76. The molecule has 8 heteroatoms. The minimum Gasteiger partial charge on any atom is -0.385 e. The number of nitrogens with zero attached hydrogens (tertiary/aromatic N) is 1. The molecule has 0 aliphatic heterocycles. The Morgan fingerprint density at radius 2 is 2.14 bits per heavy atom. The summed E-state index contributed by atoms with van der Waals surface area (Å²) in [4.78, 5) is 12.0. The van der Waals surface area contributed by atoms with E-state index >= 15 is 0 Å². The van der Waals surface area contributed by atoms with Gasteiger partial charge in [0.2, 0.25) is 5.91 Å². The van der Waals surface area contributed by atoms with Crippen LogP contribution < -0.4 is 10.7 Å². The van der Waals surface area contributed by atoms with E-state index in [0.29, 0.717) is 33.9 Å². The third kappa shape index (κ3) is 6.79. The molecular formula is C14H19Cl2N3O2S. The number of amides is 1. The SMILES string of the molecule is COCCCNC(=S)N(C)NC(=O)Cc1ccc(Cl)cc1Cl. The van der Waals surface area contributed by atoms with Gasteiger partial charge in [0, 0.05) is 37.4 Å². The molecule has 2 N–H and O–H groups in total. The molecule has 0 aliphatic carbocycles. The molecule has 0 radical (unpaired) electrons. The first-order chi connectivity index (χ1) is 10.4. The Kier molecular flexibility index (Phi) is 8.48. The normalized spacial score (nSPS) is 10.2. The summed E-state index contributed by atoms with van der Waals surface area (Å²) in [7, 11) is 3.32. The second kappa shape index (κ2) is 9.84. The standard InChI is InChI=1S/C14H19Cl2N3O2S/c1-19(14(22)17-6-3-7-21-2)18-13(20)8-10-4-5-11(15)9-12(10)16/h4-5,9H,3,6-8H2,1-2H3,(H,17,22)(H,18,20). The Bertz CT molecular complexity index is 529. The quantitative estimate of drug-likeness (QED) is 0.461. The van der Waals surface area contributed by atoms with E-state index < -0.39 is 0 Å². The van der Waals surface area contributed by atoms with Crippen LogP contribution in [0.25, 0.3) is 0 Å². The fraction of sp³-hybridized carbons (Fsp3) is 0.429. The van der Waals surface area contributed by atoms with E-state index in [1.165, 1.54) is 5.01 Å². The second-order valence-corrected chi connectivity index (χ2v) is 5.82. The fourth-order valence-corrected chi connectivity index (χ4v) is 2.27. The van der Waals surface area contributed by atoms with Crippen LogP contribution in [0.1, 0.15) is 12.0 Å². The minimum absolute atomic E-state index is 0.145. The van der Waals surface area contributed by atoms with Crippen LogP contribution in [0, 0.1) is 0 Å². The zero-order valence-electron chi connectivity index (χ0n) is 12.5. The number of hydrazine groups is 1. The van der Waals surface area contributed by atoms with Crippen molar-refractivity contribution in [2.45, 2.75) is 12.8 Å². The summed E-state index contributed by atoms with van der Waals surface area (Å²) in [6.45, 7) is 1.33. The number of benzene rings is 1. The van der Waals surface area contributed by atoms with Crippen molar-refractivity contribution in [2.75, 3.05) is 27.3 Å². The second-order valence-electron chi connectivity index (χ2n) is 4.58. The van der Waals surface area contributed by atoms with Crippen LogP contribution >= 0.6 is 35.4 Å². The van der Waals surface area contributed by atoms with Crippen molar-refractivity contribution in [1.82, 2.24) is 15.8 Å². The largest absolute Gasteiger partial charge is 0.385 e. The Morgan fingerprint density at radius 1 is 1.41 bits per heavy atom. The molecule has 0 spiro atoms. The van der Waals surface area contributed by atoms with Crippen molar-refractivity contribution in [3.8, 4) is 0 Å². The van der Waals surface area contributed by atoms with Crippen molar-refractivity contribution < 1.29 is 9.53 Å². The molecule has 0 saturated carbocycles. The average Bonchev–Trinajstić information content (AvgIpc) is 2.46. The third-order valence-corrected chi connectivity index (χ3v) is 3.77. The predicted molar refractivity (Wildman–Crippen MR) is 93.2 cm³/mol. The lowest BCUT2D eigenvalue weighted by Gasteiger charge is -2.21. The van der Waals surface area contributed by atoms with Gasteiger partial charge in [-0.1, -0.05) is 29.3 Å². The van der Waals surface area contributed by atoms with E-state index in [-0.39, 0.29) is 12.3 Å². The topological polar surface area (TPSA) is 53.6 Å². The molecule has 1 rings (SSSR count). The van der Waals surface area contributed by atoms with Gasteiger partial charge in [-0.2, -0.15) is 0 Å². The smallest absolute Gasteiger partial charge is 0.243 e. The maximum absolute atomic E-state index is 12.0. The molecule has 5 nitrogen and oxygen atoms in total. The van der Waals surface area contributed by atoms with E-state index in [0.717, 1.165) is 6.42 Å². The van der Waals surface area contributed by atoms with Gasteiger partial charge >= 0.3 is 0 Å². The molecule has 0 unspecified atom stereocenters. The van der Waals surface area contributed by atoms with E-state index in [2.05, 4.69) is 10.7 Å². The summed E-state index contributed by atoms with van der Waals surface area (Å²) in [5.41, 5.74) is 3.38. The van der Waals surface area contributed by atoms with Crippen LogP contribution in [0.3, 0.4) is 0 Å². The molecule has 0 aromatic heterocycles. The number of rotatable bonds is 6. The number of hydrogen-bond donors (Lipinski definition) is 2. The molecule has 0 bridgehead atoms. The maximum Gasteiger partial charge on any atom is 0.243 e. The molecule has 1 amide bonds. The fourth-order valence-electron chi connectivity index (χ4n) is 1.65. The summed E-state index contributed by atoms with van der Waals surface area (Å²) in [5.74, 6) is -0.215. The van der Waals surface area contributed by atoms with Crippen LogP contribution in [-0.2, 0) is 16.0 Å². The highest BCUT2D eigenvalue weighted by Crippen LogP contribution is 2.21. The van der Waals surface area contributed by atoms with Crippen LogP contribution in [-0.4, -0.2) is 43.3 Å². The molecule has 0 saturated heterocycles. The number of halogens is 2. The van der Waals surface area contributed by atoms with Crippen molar-refractivity contribution in [3.05, 3.63) is 33.8 Å². The monoisotopic (exact) mass is 363 g/mol. The van der Waals surface area contributed by atoms with Gasteiger partial charge < -0.3 is 10.1 Å². The minimum atomic E-state index is -0.215. The molecule has 0 fully saturated rings. The lowest BCUT2D eigenvalue weighted by Crippen LogP contribution is -2.48. The summed E-state index contributed by atoms with van der Waals surface area (Å²) < 4.78 is 4.95. The van der Waals surface area contributed by atoms with Crippen molar-refractivity contribution in [3.63, 3.8) is 0 Å².